The molecule has 2 aromatic carbocycles. The molecule has 0 saturated carbocycles. The average molecular weight is 499 g/mol. The second-order valence-corrected chi connectivity index (χ2v) is 11.5. The lowest BCUT2D eigenvalue weighted by Gasteiger charge is -2.31. The van der Waals surface area contributed by atoms with Crippen LogP contribution < -0.4 is 11.1 Å². The fourth-order valence-corrected chi connectivity index (χ4v) is 5.88. The Morgan fingerprint density at radius 3 is 2.49 bits per heavy atom. The van der Waals surface area contributed by atoms with Gasteiger partial charge in [-0.15, -0.1) is 0 Å². The molecule has 3 aromatic rings. The molecule has 9 heteroatoms. The lowest BCUT2D eigenvalue weighted by molar-refractivity contribution is 0.100. The maximum Gasteiger partial charge on any atom is 0.250 e. The van der Waals surface area contributed by atoms with E-state index in [1.165, 1.54) is 0 Å². The molecule has 1 aliphatic rings. The first-order valence-corrected chi connectivity index (χ1v) is 13.7. The number of hydrogen-bond acceptors (Lipinski definition) is 5. The summed E-state index contributed by atoms with van der Waals surface area (Å²) >= 11 is 0. The van der Waals surface area contributed by atoms with Crippen LogP contribution in [0.2, 0.25) is 0 Å². The van der Waals surface area contributed by atoms with E-state index in [1.807, 2.05) is 43.5 Å². The minimum Gasteiger partial charge on any atom is -0.395 e. The third kappa shape index (κ3) is 5.43. The van der Waals surface area contributed by atoms with Crippen molar-refractivity contribution in [2.75, 3.05) is 25.4 Å². The minimum atomic E-state index is -3.18. The van der Waals surface area contributed by atoms with Gasteiger partial charge >= 0.3 is 0 Å². The molecule has 1 atom stereocenters. The highest BCUT2D eigenvalue weighted by atomic mass is 32.2. The van der Waals surface area contributed by atoms with E-state index in [0.717, 1.165) is 46.0 Å². The summed E-state index contributed by atoms with van der Waals surface area (Å²) in [5.74, 6) is -0.177. The van der Waals surface area contributed by atoms with Crippen molar-refractivity contribution in [2.24, 2.45) is 5.73 Å². The molecule has 1 aromatic heterocycles. The van der Waals surface area contributed by atoms with Gasteiger partial charge in [0.1, 0.15) is 0 Å². The van der Waals surface area contributed by atoms with Crippen LogP contribution in [0.1, 0.15) is 54.1 Å². The molecule has 35 heavy (non-hydrogen) atoms. The fraction of sp³-hybridized carbons (Fsp3) is 0.423. The number of aliphatic hydroxyl groups excluding tert-OH is 1. The molecular formula is C26H34N4O4S. The molecule has 0 bridgehead atoms. The number of piperidine rings is 1. The Balaban J connectivity index is 1.63. The third-order valence-corrected chi connectivity index (χ3v) is 8.84. The Morgan fingerprint density at radius 2 is 1.89 bits per heavy atom. The average Bonchev–Trinajstić information content (AvgIpc) is 3.31. The molecule has 188 valence electrons. The zero-order valence-corrected chi connectivity index (χ0v) is 21.1. The number of aliphatic hydroxyl groups is 1. The molecule has 0 radical (unpaired) electrons. The zero-order valence-electron chi connectivity index (χ0n) is 20.3. The van der Waals surface area contributed by atoms with Crippen molar-refractivity contribution in [2.45, 2.75) is 45.2 Å². The van der Waals surface area contributed by atoms with Gasteiger partial charge in [0.15, 0.2) is 0 Å². The third-order valence-electron chi connectivity index (χ3n) is 6.95. The number of sulfonamides is 1. The first-order chi connectivity index (χ1) is 16.7. The van der Waals surface area contributed by atoms with Crippen LogP contribution >= 0.6 is 0 Å². The van der Waals surface area contributed by atoms with Crippen LogP contribution in [-0.4, -0.2) is 60.2 Å². The Hall–Kier alpha value is -2.72. The SMILES string of the molecule is CCS(=O)(=O)N1CCC(c2c[nH]c3c(C(N)=O)cc(-c4ccc(CN[C@@H](C)CO)cc4)cc23)CC1. The van der Waals surface area contributed by atoms with Crippen LogP contribution in [0, 0.1) is 0 Å². The van der Waals surface area contributed by atoms with Crippen molar-refractivity contribution in [3.8, 4) is 11.1 Å². The van der Waals surface area contributed by atoms with Gasteiger partial charge in [-0.2, -0.15) is 0 Å². The van der Waals surface area contributed by atoms with Gasteiger partial charge in [-0.1, -0.05) is 24.3 Å². The molecule has 4 rings (SSSR count). The van der Waals surface area contributed by atoms with Crippen molar-refractivity contribution in [1.29, 1.82) is 0 Å². The summed E-state index contributed by atoms with van der Waals surface area (Å²) in [5.41, 5.74) is 11.0. The molecule has 0 aliphatic carbocycles. The number of nitrogens with one attached hydrogen (secondary N) is 2. The monoisotopic (exact) mass is 498 g/mol. The van der Waals surface area contributed by atoms with Gasteiger partial charge in [-0.3, -0.25) is 4.79 Å². The number of benzene rings is 2. The van der Waals surface area contributed by atoms with Crippen LogP contribution in [0.25, 0.3) is 22.0 Å². The molecule has 1 fully saturated rings. The topological polar surface area (TPSA) is 129 Å². The number of amides is 1. The summed E-state index contributed by atoms with van der Waals surface area (Å²) < 4.78 is 26.1. The zero-order chi connectivity index (χ0) is 25.2. The van der Waals surface area contributed by atoms with Crippen LogP contribution in [0.4, 0.5) is 0 Å². The van der Waals surface area contributed by atoms with Gasteiger partial charge in [0, 0.05) is 37.3 Å². The van der Waals surface area contributed by atoms with Gasteiger partial charge in [0.25, 0.3) is 5.91 Å². The van der Waals surface area contributed by atoms with Gasteiger partial charge in [0.05, 0.1) is 23.4 Å². The number of aromatic amines is 1. The Morgan fingerprint density at radius 1 is 1.20 bits per heavy atom. The highest BCUT2D eigenvalue weighted by molar-refractivity contribution is 7.89. The standard InChI is InChI=1S/C26H34N4O4S/c1-3-35(33,34)30-10-8-20(9-11-30)24-15-29-25-22(24)12-21(13-23(25)26(27)32)19-6-4-18(5-7-19)14-28-17(2)16-31/h4-7,12-13,15,17,20,28-29,31H,3,8-11,14,16H2,1-2H3,(H2,27,32)/t17-/m0/s1. The predicted molar refractivity (Wildman–Crippen MR) is 139 cm³/mol. The van der Waals surface area contributed by atoms with Gasteiger partial charge in [0.2, 0.25) is 10.0 Å². The molecule has 5 N–H and O–H groups in total. The summed E-state index contributed by atoms with van der Waals surface area (Å²) in [5, 5.41) is 13.4. The maximum atomic E-state index is 12.3. The highest BCUT2D eigenvalue weighted by Crippen LogP contribution is 2.37. The number of carbonyl (C=O) groups is 1. The Bertz CT molecular complexity index is 1290. The number of H-pyrrole nitrogens is 1. The summed E-state index contributed by atoms with van der Waals surface area (Å²) in [4.78, 5) is 15.5. The van der Waals surface area contributed by atoms with Gasteiger partial charge in [-0.25, -0.2) is 12.7 Å². The number of rotatable bonds is 9. The van der Waals surface area contributed by atoms with Gasteiger partial charge < -0.3 is 21.1 Å². The second kappa shape index (κ2) is 10.5. The van der Waals surface area contributed by atoms with E-state index in [0.29, 0.717) is 25.2 Å². The van der Waals surface area contributed by atoms with Crippen molar-refractivity contribution >= 4 is 26.8 Å². The number of primary amides is 1. The summed E-state index contributed by atoms with van der Waals surface area (Å²) in [6, 6.07) is 12.0. The van der Waals surface area contributed by atoms with E-state index in [2.05, 4.69) is 16.4 Å². The molecule has 1 aliphatic heterocycles. The van der Waals surface area contributed by atoms with Crippen molar-refractivity contribution in [3.05, 3.63) is 59.3 Å². The quantitative estimate of drug-likeness (QED) is 0.361. The molecule has 8 nitrogen and oxygen atoms in total. The summed E-state index contributed by atoms with van der Waals surface area (Å²) in [6.07, 6.45) is 3.40. The highest BCUT2D eigenvalue weighted by Gasteiger charge is 2.29. The first kappa shape index (κ1) is 25.4. The largest absolute Gasteiger partial charge is 0.395 e. The molecule has 2 heterocycles. The van der Waals surface area contributed by atoms with E-state index < -0.39 is 15.9 Å². The second-order valence-electron chi connectivity index (χ2n) is 9.29. The van der Waals surface area contributed by atoms with E-state index in [4.69, 9.17) is 5.73 Å². The van der Waals surface area contributed by atoms with Crippen molar-refractivity contribution in [1.82, 2.24) is 14.6 Å². The lowest BCUT2D eigenvalue weighted by Crippen LogP contribution is -2.38. The number of nitrogens with two attached hydrogens (primary N) is 1. The van der Waals surface area contributed by atoms with Crippen LogP contribution in [0.5, 0.6) is 0 Å². The lowest BCUT2D eigenvalue weighted by atomic mass is 9.88. The van der Waals surface area contributed by atoms with E-state index >= 15 is 0 Å². The Kier molecular flexibility index (Phi) is 7.61. The molecule has 0 spiro atoms. The predicted octanol–water partition coefficient (Wildman–Crippen LogP) is 2.93. The van der Waals surface area contributed by atoms with Crippen LogP contribution in [0.3, 0.4) is 0 Å². The maximum absolute atomic E-state index is 12.3. The number of hydrogen-bond donors (Lipinski definition) is 4. The van der Waals surface area contributed by atoms with Crippen LogP contribution in [-0.2, 0) is 16.6 Å². The normalized spacial score (nSPS) is 16.5. The fourth-order valence-electron chi connectivity index (χ4n) is 4.75. The summed E-state index contributed by atoms with van der Waals surface area (Å²) in [7, 11) is -3.18. The molecule has 0 unspecified atom stereocenters. The van der Waals surface area contributed by atoms with E-state index in [1.54, 1.807) is 11.2 Å². The smallest absolute Gasteiger partial charge is 0.250 e. The molecular weight excluding hydrogens is 464 g/mol. The van der Waals surface area contributed by atoms with Gasteiger partial charge in [-0.05, 0) is 67.0 Å². The van der Waals surface area contributed by atoms with Crippen molar-refractivity contribution in [3.63, 3.8) is 0 Å². The summed E-state index contributed by atoms with van der Waals surface area (Å²) in [6.45, 7) is 5.34. The number of aromatic nitrogens is 1. The van der Waals surface area contributed by atoms with E-state index in [9.17, 15) is 18.3 Å². The Labute approximate surface area is 206 Å². The van der Waals surface area contributed by atoms with Crippen molar-refractivity contribution < 1.29 is 18.3 Å². The number of carbonyl (C=O) groups excluding carboxylic acids is 1. The minimum absolute atomic E-state index is 0.0242. The first-order valence-electron chi connectivity index (χ1n) is 12.1. The number of nitrogens with zero attached hydrogens (tertiary/aromatic N) is 1. The van der Waals surface area contributed by atoms with Crippen LogP contribution in [0.15, 0.2) is 42.6 Å². The molecule has 1 amide bonds. The number of fused-ring (bicyclic) bond motifs is 1. The molecule has 1 saturated heterocycles. The van der Waals surface area contributed by atoms with E-state index in [-0.39, 0.29) is 24.3 Å².